The zero-order valence-electron chi connectivity index (χ0n) is 30.0. The Bertz CT molecular complexity index is 1380. The molecular formula is C35H58N9O4+. The molecule has 4 aliphatic rings. The zero-order chi connectivity index (χ0) is 34.5. The minimum Gasteiger partial charge on any atom is -0.385 e. The van der Waals surface area contributed by atoms with Gasteiger partial charge in [-0.25, -0.2) is 0 Å². The first-order valence-corrected chi connectivity index (χ1v) is 18.0. The Balaban J connectivity index is 1.03. The fourth-order valence-electron chi connectivity index (χ4n) is 9.19. The van der Waals surface area contributed by atoms with Gasteiger partial charge in [0, 0.05) is 6.54 Å². The van der Waals surface area contributed by atoms with Gasteiger partial charge in [-0.05, 0) is 111 Å². The van der Waals surface area contributed by atoms with Gasteiger partial charge in [-0.1, -0.05) is 31.0 Å². The van der Waals surface area contributed by atoms with Crippen LogP contribution in [0.2, 0.25) is 0 Å². The van der Waals surface area contributed by atoms with E-state index in [-0.39, 0.29) is 42.8 Å². The molecule has 4 aliphatic carbocycles. The summed E-state index contributed by atoms with van der Waals surface area (Å²) >= 11 is 0. The van der Waals surface area contributed by atoms with E-state index in [2.05, 4.69) is 56.4 Å². The first-order chi connectivity index (χ1) is 22.8. The van der Waals surface area contributed by atoms with Gasteiger partial charge < -0.3 is 25.3 Å². The highest BCUT2D eigenvalue weighted by atomic mass is 16.6. The standard InChI is InChI=1S/C35H57N9O4/c1-34-16-9-10-27(34)26-13-12-24-20-25(14-18-35(24,2)28(26)15-17-34)41-48-23-32(46)36-19-8-7-11-29(38-31(45)22-44(4,5)6)33(47)37-21-30-39-42-43(3)40-30/h20,26-29H,7-19,21-23H2,1-6H3,(H2-,36,37,38,45,46,47)/p+1/b41-25+/t26?,27?,28?,29-,34-,35-/m0/s1. The van der Waals surface area contributed by atoms with Gasteiger partial charge in [0.1, 0.15) is 6.04 Å². The van der Waals surface area contributed by atoms with Crippen LogP contribution in [0, 0.1) is 28.6 Å². The average Bonchev–Trinajstić information content (AvgIpc) is 3.63. The van der Waals surface area contributed by atoms with Crippen molar-refractivity contribution in [3.05, 3.63) is 17.5 Å². The highest BCUT2D eigenvalue weighted by Gasteiger charge is 2.56. The molecule has 0 bridgehead atoms. The van der Waals surface area contributed by atoms with Gasteiger partial charge in [-0.3, -0.25) is 14.4 Å². The van der Waals surface area contributed by atoms with Crippen LogP contribution in [0.15, 0.2) is 16.8 Å². The number of hydrogen-bond donors (Lipinski definition) is 3. The summed E-state index contributed by atoms with van der Waals surface area (Å²) in [7, 11) is 7.40. The number of tetrazole rings is 1. The van der Waals surface area contributed by atoms with Crippen molar-refractivity contribution in [2.24, 2.45) is 40.8 Å². The number of allylic oxidation sites excluding steroid dienone is 2. The van der Waals surface area contributed by atoms with Crippen molar-refractivity contribution in [2.45, 2.75) is 103 Å². The number of likely N-dealkylation sites (N-methyl/N-ethyl adjacent to an activating group) is 1. The largest absolute Gasteiger partial charge is 0.385 e. The number of unbranched alkanes of at least 4 members (excludes halogenated alkanes) is 1. The summed E-state index contributed by atoms with van der Waals surface area (Å²) in [6, 6.07) is -0.710. The third-order valence-electron chi connectivity index (χ3n) is 11.6. The van der Waals surface area contributed by atoms with Crippen LogP contribution in [-0.4, -0.2) is 95.0 Å². The number of aromatic nitrogens is 4. The van der Waals surface area contributed by atoms with E-state index < -0.39 is 6.04 Å². The first-order valence-electron chi connectivity index (χ1n) is 18.0. The lowest BCUT2D eigenvalue weighted by Gasteiger charge is -2.57. The van der Waals surface area contributed by atoms with Gasteiger partial charge >= 0.3 is 0 Å². The molecule has 0 aromatic carbocycles. The monoisotopic (exact) mass is 668 g/mol. The van der Waals surface area contributed by atoms with Gasteiger partial charge in [0.25, 0.3) is 11.8 Å². The predicted octanol–water partition coefficient (Wildman–Crippen LogP) is 3.03. The zero-order valence-corrected chi connectivity index (χ0v) is 30.0. The number of nitrogens with zero attached hydrogens (tertiary/aromatic N) is 6. The smallest absolute Gasteiger partial charge is 0.275 e. The molecule has 1 heterocycles. The normalized spacial score (nSPS) is 29.6. The molecule has 0 saturated heterocycles. The topological polar surface area (TPSA) is 152 Å². The molecule has 3 fully saturated rings. The Morgan fingerprint density at radius 3 is 2.60 bits per heavy atom. The molecule has 3 N–H and O–H groups in total. The number of fused-ring (bicyclic) bond motifs is 5. The molecule has 5 rings (SSSR count). The number of oxime groups is 1. The summed E-state index contributed by atoms with van der Waals surface area (Å²) in [6.45, 7) is 5.73. The Hall–Kier alpha value is -3.35. The highest BCUT2D eigenvalue weighted by Crippen LogP contribution is 2.65. The fourth-order valence-corrected chi connectivity index (χ4v) is 9.19. The molecule has 13 heteroatoms. The summed E-state index contributed by atoms with van der Waals surface area (Å²) in [5.74, 6) is 2.21. The Kier molecular flexibility index (Phi) is 11.3. The summed E-state index contributed by atoms with van der Waals surface area (Å²) < 4.78 is 0.445. The van der Waals surface area contributed by atoms with E-state index >= 15 is 0 Å². The van der Waals surface area contributed by atoms with E-state index in [4.69, 9.17) is 4.84 Å². The molecule has 13 nitrogen and oxygen atoms in total. The van der Waals surface area contributed by atoms with E-state index in [1.165, 1.54) is 48.9 Å². The lowest BCUT2D eigenvalue weighted by Crippen LogP contribution is -2.51. The van der Waals surface area contributed by atoms with Crippen LogP contribution < -0.4 is 16.0 Å². The number of hydrogen-bond acceptors (Lipinski definition) is 8. The number of aryl methyl sites for hydroxylation is 1. The number of carbonyl (C=O) groups is 3. The quantitative estimate of drug-likeness (QED) is 0.157. The average molecular weight is 669 g/mol. The summed E-state index contributed by atoms with van der Waals surface area (Å²) in [4.78, 5) is 44.9. The van der Waals surface area contributed by atoms with Crippen LogP contribution in [0.3, 0.4) is 0 Å². The van der Waals surface area contributed by atoms with E-state index in [1.807, 2.05) is 21.1 Å². The minimum atomic E-state index is -0.710. The summed E-state index contributed by atoms with van der Waals surface area (Å²) in [5.41, 5.74) is 3.33. The molecule has 0 spiro atoms. The number of nitrogens with one attached hydrogen (secondary N) is 3. The second-order valence-corrected chi connectivity index (χ2v) is 16.3. The molecule has 3 unspecified atom stereocenters. The third-order valence-corrected chi connectivity index (χ3v) is 11.6. The summed E-state index contributed by atoms with van der Waals surface area (Å²) in [6.07, 6.45) is 15.4. The van der Waals surface area contributed by atoms with Crippen molar-refractivity contribution in [3.63, 3.8) is 0 Å². The molecule has 1 aromatic heterocycles. The first kappa shape index (κ1) is 35.9. The molecule has 0 aliphatic heterocycles. The lowest BCUT2D eigenvalue weighted by molar-refractivity contribution is -0.862. The van der Waals surface area contributed by atoms with Crippen molar-refractivity contribution in [3.8, 4) is 0 Å². The molecule has 6 atom stereocenters. The molecule has 0 radical (unpaired) electrons. The van der Waals surface area contributed by atoms with Gasteiger partial charge in [-0.2, -0.15) is 4.80 Å². The van der Waals surface area contributed by atoms with Crippen LogP contribution >= 0.6 is 0 Å². The third kappa shape index (κ3) is 8.81. The fraction of sp³-hybridized carbons (Fsp3) is 0.800. The predicted molar refractivity (Wildman–Crippen MR) is 182 cm³/mol. The van der Waals surface area contributed by atoms with Crippen molar-refractivity contribution in [1.29, 1.82) is 0 Å². The van der Waals surface area contributed by atoms with Gasteiger partial charge in [-0.15, -0.1) is 10.2 Å². The van der Waals surface area contributed by atoms with Gasteiger partial charge in [0.15, 0.2) is 19.0 Å². The number of quaternary nitrogens is 1. The maximum absolute atomic E-state index is 12.9. The van der Waals surface area contributed by atoms with Gasteiger partial charge in [0.2, 0.25) is 5.91 Å². The summed E-state index contributed by atoms with van der Waals surface area (Å²) in [5, 5.41) is 24.6. The van der Waals surface area contributed by atoms with Crippen LogP contribution in [-0.2, 0) is 32.8 Å². The van der Waals surface area contributed by atoms with Crippen LogP contribution in [0.5, 0.6) is 0 Å². The van der Waals surface area contributed by atoms with Gasteiger partial charge in [0.05, 0.1) is 40.4 Å². The van der Waals surface area contributed by atoms with Crippen LogP contribution in [0.4, 0.5) is 0 Å². The molecular weight excluding hydrogens is 610 g/mol. The van der Waals surface area contributed by atoms with Crippen LogP contribution in [0.25, 0.3) is 0 Å². The SMILES string of the molecule is Cn1nnc(CNC(=O)[C@H](CCCCNC(=O)CO/N=C2/C=C3CCC4C5CCC[C@@]5(C)CCC4[C@@]3(C)CC2)NC(=O)C[N+](C)(C)C)n1. The van der Waals surface area contributed by atoms with Crippen molar-refractivity contribution in [2.75, 3.05) is 40.8 Å². The maximum Gasteiger partial charge on any atom is 0.275 e. The molecule has 48 heavy (non-hydrogen) atoms. The molecule has 1 aromatic rings. The van der Waals surface area contributed by atoms with Crippen molar-refractivity contribution >= 4 is 23.4 Å². The highest BCUT2D eigenvalue weighted by molar-refractivity contribution is 5.96. The number of rotatable bonds is 14. The second-order valence-electron chi connectivity index (χ2n) is 16.3. The molecule has 266 valence electrons. The lowest BCUT2D eigenvalue weighted by atomic mass is 9.47. The minimum absolute atomic E-state index is 0.117. The maximum atomic E-state index is 12.9. The molecule has 3 amide bonds. The second kappa shape index (κ2) is 15.0. The van der Waals surface area contributed by atoms with Crippen molar-refractivity contribution in [1.82, 2.24) is 36.2 Å². The van der Waals surface area contributed by atoms with E-state index in [9.17, 15) is 14.4 Å². The number of carbonyl (C=O) groups excluding carboxylic acids is 3. The Morgan fingerprint density at radius 2 is 1.85 bits per heavy atom. The number of amides is 3. The van der Waals surface area contributed by atoms with Crippen LogP contribution in [0.1, 0.15) is 96.7 Å². The van der Waals surface area contributed by atoms with Crippen molar-refractivity contribution < 1.29 is 23.7 Å². The van der Waals surface area contributed by atoms with E-state index in [1.54, 1.807) is 7.05 Å². The van der Waals surface area contributed by atoms with E-state index in [0.29, 0.717) is 41.5 Å². The Labute approximate surface area is 285 Å². The Morgan fingerprint density at radius 1 is 1.04 bits per heavy atom. The molecule has 3 saturated carbocycles. The van der Waals surface area contributed by atoms with E-state index in [0.717, 1.165) is 42.7 Å².